The molecule has 2 rings (SSSR count). The van der Waals surface area contributed by atoms with Crippen LogP contribution in [-0.4, -0.2) is 30.2 Å². The Kier molecular flexibility index (Phi) is 5.78. The van der Waals surface area contributed by atoms with E-state index in [-0.39, 0.29) is 11.3 Å². The number of ether oxygens (including phenoxy) is 2. The van der Waals surface area contributed by atoms with Crippen LogP contribution in [0.15, 0.2) is 48.5 Å². The van der Waals surface area contributed by atoms with Crippen molar-refractivity contribution >= 4 is 17.6 Å². The molecule has 2 aromatic rings. The van der Waals surface area contributed by atoms with Gasteiger partial charge in [0.1, 0.15) is 17.1 Å². The summed E-state index contributed by atoms with van der Waals surface area (Å²) < 4.78 is 10.2. The van der Waals surface area contributed by atoms with Gasteiger partial charge in [0.15, 0.2) is 6.10 Å². The number of carbonyl (C=O) groups is 2. The largest absolute Gasteiger partial charge is 0.507 e. The fourth-order valence-electron chi connectivity index (χ4n) is 2.07. The molecule has 24 heavy (non-hydrogen) atoms. The van der Waals surface area contributed by atoms with Crippen molar-refractivity contribution < 1.29 is 24.2 Å². The second-order valence-corrected chi connectivity index (χ2v) is 5.04. The van der Waals surface area contributed by atoms with Gasteiger partial charge in [-0.25, -0.2) is 4.79 Å². The SMILES string of the molecule is CCC(OC(=O)c1ccc(OC)cc1O)C(=O)Nc1ccccc1. The van der Waals surface area contributed by atoms with Gasteiger partial charge in [-0.3, -0.25) is 4.79 Å². The van der Waals surface area contributed by atoms with Crippen LogP contribution < -0.4 is 10.1 Å². The first-order valence-corrected chi connectivity index (χ1v) is 7.49. The maximum atomic E-state index is 12.2. The Balaban J connectivity index is 2.06. The van der Waals surface area contributed by atoms with E-state index in [1.807, 2.05) is 6.07 Å². The molecule has 0 saturated carbocycles. The molecule has 0 aromatic heterocycles. The van der Waals surface area contributed by atoms with Crippen LogP contribution in [0.25, 0.3) is 0 Å². The summed E-state index contributed by atoms with van der Waals surface area (Å²) in [6.45, 7) is 1.73. The van der Waals surface area contributed by atoms with Crippen molar-refractivity contribution in [1.29, 1.82) is 0 Å². The fraction of sp³-hybridized carbons (Fsp3) is 0.222. The monoisotopic (exact) mass is 329 g/mol. The average Bonchev–Trinajstić information content (AvgIpc) is 2.60. The molecule has 0 aliphatic rings. The third kappa shape index (κ3) is 4.25. The summed E-state index contributed by atoms with van der Waals surface area (Å²) in [5, 5.41) is 12.6. The van der Waals surface area contributed by atoms with Crippen molar-refractivity contribution in [2.45, 2.75) is 19.4 Å². The van der Waals surface area contributed by atoms with Crippen molar-refractivity contribution in [3.05, 3.63) is 54.1 Å². The molecule has 0 heterocycles. The molecule has 0 aliphatic heterocycles. The summed E-state index contributed by atoms with van der Waals surface area (Å²) >= 11 is 0. The quantitative estimate of drug-likeness (QED) is 0.796. The Labute approximate surface area is 140 Å². The van der Waals surface area contributed by atoms with Gasteiger partial charge >= 0.3 is 5.97 Å². The summed E-state index contributed by atoms with van der Waals surface area (Å²) in [5.74, 6) is -1.05. The molecule has 0 radical (unpaired) electrons. The maximum absolute atomic E-state index is 12.2. The zero-order valence-corrected chi connectivity index (χ0v) is 13.5. The lowest BCUT2D eigenvalue weighted by molar-refractivity contribution is -0.124. The van der Waals surface area contributed by atoms with Crippen LogP contribution in [0.3, 0.4) is 0 Å². The van der Waals surface area contributed by atoms with Crippen molar-refractivity contribution in [3.8, 4) is 11.5 Å². The van der Waals surface area contributed by atoms with Gasteiger partial charge < -0.3 is 19.9 Å². The number of aromatic hydroxyl groups is 1. The van der Waals surface area contributed by atoms with Crippen LogP contribution in [0.1, 0.15) is 23.7 Å². The minimum absolute atomic E-state index is 0.0261. The third-order valence-electron chi connectivity index (χ3n) is 3.38. The van der Waals surface area contributed by atoms with Gasteiger partial charge in [0, 0.05) is 11.8 Å². The number of rotatable bonds is 6. The summed E-state index contributed by atoms with van der Waals surface area (Å²) in [5.41, 5.74) is 0.589. The average molecular weight is 329 g/mol. The van der Waals surface area contributed by atoms with Gasteiger partial charge in [-0.15, -0.1) is 0 Å². The summed E-state index contributed by atoms with van der Waals surface area (Å²) in [6, 6.07) is 13.1. The molecule has 0 aliphatic carbocycles. The molecule has 126 valence electrons. The molecule has 1 atom stereocenters. The molecule has 0 saturated heterocycles. The molecule has 1 amide bonds. The van der Waals surface area contributed by atoms with Gasteiger partial charge in [-0.2, -0.15) is 0 Å². The number of phenols is 1. The number of esters is 1. The van der Waals surface area contributed by atoms with Crippen LogP contribution in [-0.2, 0) is 9.53 Å². The van der Waals surface area contributed by atoms with E-state index in [1.54, 1.807) is 31.2 Å². The molecule has 1 unspecified atom stereocenters. The van der Waals surface area contributed by atoms with E-state index < -0.39 is 18.0 Å². The first-order chi connectivity index (χ1) is 11.5. The number of nitrogens with one attached hydrogen (secondary N) is 1. The maximum Gasteiger partial charge on any atom is 0.342 e. The lowest BCUT2D eigenvalue weighted by Crippen LogP contribution is -2.32. The molecule has 6 heteroatoms. The predicted molar refractivity (Wildman–Crippen MR) is 89.2 cm³/mol. The van der Waals surface area contributed by atoms with Crippen LogP contribution in [0.4, 0.5) is 5.69 Å². The van der Waals surface area contributed by atoms with Crippen molar-refractivity contribution in [1.82, 2.24) is 0 Å². The third-order valence-corrected chi connectivity index (χ3v) is 3.38. The van der Waals surface area contributed by atoms with E-state index in [0.717, 1.165) is 0 Å². The number of para-hydroxylation sites is 1. The van der Waals surface area contributed by atoms with E-state index in [9.17, 15) is 14.7 Å². The molecule has 0 fully saturated rings. The molecule has 2 aromatic carbocycles. The smallest absolute Gasteiger partial charge is 0.342 e. The standard InChI is InChI=1S/C18H19NO5/c1-3-16(17(21)19-12-7-5-4-6-8-12)24-18(22)14-10-9-13(23-2)11-15(14)20/h4-11,16,20H,3H2,1-2H3,(H,19,21). The zero-order valence-electron chi connectivity index (χ0n) is 13.5. The highest BCUT2D eigenvalue weighted by atomic mass is 16.5. The second-order valence-electron chi connectivity index (χ2n) is 5.04. The van der Waals surface area contributed by atoms with Gasteiger partial charge in [-0.1, -0.05) is 25.1 Å². The van der Waals surface area contributed by atoms with E-state index in [1.165, 1.54) is 25.3 Å². The predicted octanol–water partition coefficient (Wildman–Crippen LogP) is 2.97. The van der Waals surface area contributed by atoms with Crippen LogP contribution >= 0.6 is 0 Å². The van der Waals surface area contributed by atoms with E-state index in [4.69, 9.17) is 9.47 Å². The minimum Gasteiger partial charge on any atom is -0.507 e. The summed E-state index contributed by atoms with van der Waals surface area (Å²) in [7, 11) is 1.45. The zero-order chi connectivity index (χ0) is 17.5. The highest BCUT2D eigenvalue weighted by Gasteiger charge is 2.23. The number of benzene rings is 2. The van der Waals surface area contributed by atoms with Crippen molar-refractivity contribution in [2.24, 2.45) is 0 Å². The van der Waals surface area contributed by atoms with E-state index >= 15 is 0 Å². The highest BCUT2D eigenvalue weighted by Crippen LogP contribution is 2.24. The topological polar surface area (TPSA) is 84.9 Å². The lowest BCUT2D eigenvalue weighted by atomic mass is 10.2. The first-order valence-electron chi connectivity index (χ1n) is 7.49. The van der Waals surface area contributed by atoms with Crippen molar-refractivity contribution in [2.75, 3.05) is 12.4 Å². The number of anilines is 1. The number of amides is 1. The molecular weight excluding hydrogens is 310 g/mol. The van der Waals surface area contributed by atoms with E-state index in [0.29, 0.717) is 17.9 Å². The van der Waals surface area contributed by atoms with Gasteiger partial charge in [0.25, 0.3) is 5.91 Å². The fourth-order valence-corrected chi connectivity index (χ4v) is 2.07. The highest BCUT2D eigenvalue weighted by molar-refractivity contribution is 5.98. The number of carbonyl (C=O) groups excluding carboxylic acids is 2. The van der Waals surface area contributed by atoms with Gasteiger partial charge in [-0.05, 0) is 30.7 Å². The Morgan fingerprint density at radius 3 is 2.46 bits per heavy atom. The summed E-state index contributed by atoms with van der Waals surface area (Å²) in [6.07, 6.45) is -0.652. The molecule has 6 nitrogen and oxygen atoms in total. The minimum atomic E-state index is -0.959. The van der Waals surface area contributed by atoms with Gasteiger partial charge in [0.05, 0.1) is 7.11 Å². The van der Waals surface area contributed by atoms with E-state index in [2.05, 4.69) is 5.32 Å². The molecule has 0 bridgehead atoms. The summed E-state index contributed by atoms with van der Waals surface area (Å²) in [4.78, 5) is 24.4. The number of hydrogen-bond donors (Lipinski definition) is 2. The van der Waals surface area contributed by atoms with Crippen molar-refractivity contribution in [3.63, 3.8) is 0 Å². The Morgan fingerprint density at radius 2 is 1.88 bits per heavy atom. The molecule has 0 spiro atoms. The number of hydrogen-bond acceptors (Lipinski definition) is 5. The second kappa shape index (κ2) is 8.01. The Hall–Kier alpha value is -3.02. The number of phenolic OH excluding ortho intramolecular Hbond substituents is 1. The Morgan fingerprint density at radius 1 is 1.17 bits per heavy atom. The first kappa shape index (κ1) is 17.3. The lowest BCUT2D eigenvalue weighted by Gasteiger charge is -2.16. The molecular formula is C18H19NO5. The number of methoxy groups -OCH3 is 1. The normalized spacial score (nSPS) is 11.4. The van der Waals surface area contributed by atoms with Crippen LogP contribution in [0.5, 0.6) is 11.5 Å². The van der Waals surface area contributed by atoms with Crippen LogP contribution in [0.2, 0.25) is 0 Å². The van der Waals surface area contributed by atoms with Gasteiger partial charge in [0.2, 0.25) is 0 Å². The Bertz CT molecular complexity index is 715. The van der Waals surface area contributed by atoms with Crippen LogP contribution in [0, 0.1) is 0 Å². The molecule has 2 N–H and O–H groups in total.